The molecule has 0 fully saturated rings. The lowest BCUT2D eigenvalue weighted by Crippen LogP contribution is -2.45. The molecule has 0 saturated heterocycles. The summed E-state index contributed by atoms with van der Waals surface area (Å²) in [7, 11) is 0. The quantitative estimate of drug-likeness (QED) is 0.476. The summed E-state index contributed by atoms with van der Waals surface area (Å²) in [4.78, 5) is 23.1. The van der Waals surface area contributed by atoms with Crippen LogP contribution in [0.2, 0.25) is 0 Å². The van der Waals surface area contributed by atoms with Crippen molar-refractivity contribution < 1.29 is 24.9 Å². The number of nitrogens with zero attached hydrogens (tertiary/aromatic N) is 1. The second-order valence-electron chi connectivity index (χ2n) is 4.29. The number of aliphatic hydroxyl groups is 1. The number of aliphatic carboxylic acids is 2. The van der Waals surface area contributed by atoms with E-state index in [2.05, 4.69) is 6.92 Å². The van der Waals surface area contributed by atoms with Gasteiger partial charge in [-0.05, 0) is 6.42 Å². The van der Waals surface area contributed by atoms with Crippen molar-refractivity contribution in [3.05, 3.63) is 0 Å². The Kier molecular flexibility index (Phi) is 9.22. The van der Waals surface area contributed by atoms with Crippen LogP contribution in [0.3, 0.4) is 0 Å². The van der Waals surface area contributed by atoms with Crippen LogP contribution in [0.5, 0.6) is 0 Å². The van der Waals surface area contributed by atoms with Crippen molar-refractivity contribution in [2.24, 2.45) is 0 Å². The predicted molar refractivity (Wildman–Crippen MR) is 66.5 cm³/mol. The van der Waals surface area contributed by atoms with Gasteiger partial charge in [-0.3, -0.25) is 14.5 Å². The van der Waals surface area contributed by atoms with Crippen molar-refractivity contribution in [2.75, 3.05) is 19.7 Å². The van der Waals surface area contributed by atoms with Crippen molar-refractivity contribution in [3.8, 4) is 0 Å². The summed E-state index contributed by atoms with van der Waals surface area (Å²) >= 11 is 0. The van der Waals surface area contributed by atoms with E-state index >= 15 is 0 Å². The van der Waals surface area contributed by atoms with Crippen LogP contribution < -0.4 is 0 Å². The van der Waals surface area contributed by atoms with Crippen LogP contribution in [0, 0.1) is 0 Å². The Hall–Kier alpha value is -1.14. The van der Waals surface area contributed by atoms with Gasteiger partial charge in [-0.15, -0.1) is 0 Å². The number of hydrogen-bond donors (Lipinski definition) is 3. The maximum atomic E-state index is 11.1. The van der Waals surface area contributed by atoms with E-state index in [1.54, 1.807) is 0 Å². The van der Waals surface area contributed by atoms with Crippen LogP contribution in [0.15, 0.2) is 0 Å². The average Bonchev–Trinajstić information content (AvgIpc) is 2.27. The molecular formula is C12H23NO5. The van der Waals surface area contributed by atoms with E-state index in [1.807, 2.05) is 0 Å². The SMILES string of the molecule is CCCCCCC(C(=O)O)N(CCO)CC(=O)O. The van der Waals surface area contributed by atoms with Gasteiger partial charge in [0, 0.05) is 6.54 Å². The minimum absolute atomic E-state index is 0.0665. The van der Waals surface area contributed by atoms with Crippen molar-refractivity contribution in [2.45, 2.75) is 45.1 Å². The largest absolute Gasteiger partial charge is 0.480 e. The zero-order chi connectivity index (χ0) is 14.0. The first-order valence-electron chi connectivity index (χ1n) is 6.32. The Morgan fingerprint density at radius 3 is 2.28 bits per heavy atom. The molecule has 0 saturated carbocycles. The summed E-state index contributed by atoms with van der Waals surface area (Å²) < 4.78 is 0. The molecule has 6 heteroatoms. The van der Waals surface area contributed by atoms with Crippen molar-refractivity contribution >= 4 is 11.9 Å². The molecule has 6 nitrogen and oxygen atoms in total. The molecule has 0 aliphatic heterocycles. The fourth-order valence-electron chi connectivity index (χ4n) is 1.87. The Bertz CT molecular complexity index is 257. The van der Waals surface area contributed by atoms with E-state index in [9.17, 15) is 9.59 Å². The lowest BCUT2D eigenvalue weighted by Gasteiger charge is -2.26. The molecule has 0 aromatic rings. The molecule has 1 atom stereocenters. The first-order valence-corrected chi connectivity index (χ1v) is 6.32. The molecule has 0 rings (SSSR count). The van der Waals surface area contributed by atoms with Crippen LogP contribution in [0.1, 0.15) is 39.0 Å². The summed E-state index contributed by atoms with van der Waals surface area (Å²) in [5.41, 5.74) is 0. The van der Waals surface area contributed by atoms with Crippen molar-refractivity contribution in [1.29, 1.82) is 0 Å². The van der Waals surface area contributed by atoms with Crippen molar-refractivity contribution in [3.63, 3.8) is 0 Å². The number of carboxylic acid groups (broad SMARTS) is 2. The summed E-state index contributed by atoms with van der Waals surface area (Å²) in [6.45, 7) is 1.53. The third-order valence-corrected chi connectivity index (χ3v) is 2.78. The topological polar surface area (TPSA) is 98.1 Å². The summed E-state index contributed by atoms with van der Waals surface area (Å²) in [5.74, 6) is -2.11. The molecule has 0 aromatic carbocycles. The fraction of sp³-hybridized carbons (Fsp3) is 0.833. The Morgan fingerprint density at radius 1 is 1.17 bits per heavy atom. The smallest absolute Gasteiger partial charge is 0.320 e. The molecule has 0 aliphatic rings. The van der Waals surface area contributed by atoms with E-state index < -0.39 is 18.0 Å². The minimum atomic E-state index is -1.08. The Morgan fingerprint density at radius 2 is 1.83 bits per heavy atom. The van der Waals surface area contributed by atoms with Gasteiger partial charge in [0.2, 0.25) is 0 Å². The monoisotopic (exact) mass is 261 g/mol. The summed E-state index contributed by atoms with van der Waals surface area (Å²) in [6, 6.07) is -0.829. The summed E-state index contributed by atoms with van der Waals surface area (Å²) in [5, 5.41) is 26.7. The molecular weight excluding hydrogens is 238 g/mol. The maximum absolute atomic E-state index is 11.1. The van der Waals surface area contributed by atoms with Gasteiger partial charge in [-0.1, -0.05) is 32.6 Å². The molecule has 3 N–H and O–H groups in total. The van der Waals surface area contributed by atoms with Gasteiger partial charge >= 0.3 is 11.9 Å². The predicted octanol–water partition coefficient (Wildman–Crippen LogP) is 0.789. The normalized spacial score (nSPS) is 12.6. The highest BCUT2D eigenvalue weighted by atomic mass is 16.4. The number of carbonyl (C=O) groups is 2. The zero-order valence-corrected chi connectivity index (χ0v) is 10.8. The number of hydrogen-bond acceptors (Lipinski definition) is 4. The Labute approximate surface area is 107 Å². The standard InChI is InChI=1S/C12H23NO5/c1-2-3-4-5-6-10(12(17)18)13(7-8-14)9-11(15)16/h10,14H,2-9H2,1H3,(H,15,16)(H,17,18). The first-order chi connectivity index (χ1) is 8.52. The molecule has 0 aliphatic carbocycles. The molecule has 0 radical (unpaired) electrons. The third-order valence-electron chi connectivity index (χ3n) is 2.78. The van der Waals surface area contributed by atoms with Crippen LogP contribution in [0.4, 0.5) is 0 Å². The number of carboxylic acids is 2. The van der Waals surface area contributed by atoms with Crippen LogP contribution in [-0.2, 0) is 9.59 Å². The zero-order valence-electron chi connectivity index (χ0n) is 10.8. The Balaban J connectivity index is 4.39. The highest BCUT2D eigenvalue weighted by Gasteiger charge is 2.26. The van der Waals surface area contributed by atoms with E-state index in [0.29, 0.717) is 6.42 Å². The third kappa shape index (κ3) is 7.24. The van der Waals surface area contributed by atoms with Gasteiger partial charge in [0.25, 0.3) is 0 Å². The van der Waals surface area contributed by atoms with Crippen LogP contribution in [-0.4, -0.2) is 57.9 Å². The van der Waals surface area contributed by atoms with Gasteiger partial charge < -0.3 is 15.3 Å². The number of unbranched alkanes of at least 4 members (excludes halogenated alkanes) is 3. The molecule has 0 spiro atoms. The fourth-order valence-corrected chi connectivity index (χ4v) is 1.87. The molecule has 0 bridgehead atoms. The van der Waals surface area contributed by atoms with Crippen molar-refractivity contribution in [1.82, 2.24) is 4.90 Å². The highest BCUT2D eigenvalue weighted by Crippen LogP contribution is 2.11. The van der Waals surface area contributed by atoms with Gasteiger partial charge in [-0.25, -0.2) is 0 Å². The lowest BCUT2D eigenvalue weighted by molar-refractivity contribution is -0.146. The second-order valence-corrected chi connectivity index (χ2v) is 4.29. The lowest BCUT2D eigenvalue weighted by atomic mass is 10.1. The molecule has 0 aromatic heterocycles. The highest BCUT2D eigenvalue weighted by molar-refractivity contribution is 5.75. The molecule has 1 unspecified atom stereocenters. The van der Waals surface area contributed by atoms with Gasteiger partial charge in [0.15, 0.2) is 0 Å². The maximum Gasteiger partial charge on any atom is 0.320 e. The second kappa shape index (κ2) is 9.85. The van der Waals surface area contributed by atoms with E-state index in [0.717, 1.165) is 25.7 Å². The van der Waals surface area contributed by atoms with Gasteiger partial charge in [0.1, 0.15) is 6.04 Å². The molecule has 0 heterocycles. The van der Waals surface area contributed by atoms with Crippen LogP contribution >= 0.6 is 0 Å². The van der Waals surface area contributed by atoms with Crippen LogP contribution in [0.25, 0.3) is 0 Å². The average molecular weight is 261 g/mol. The van der Waals surface area contributed by atoms with E-state index in [4.69, 9.17) is 15.3 Å². The summed E-state index contributed by atoms with van der Waals surface area (Å²) in [6.07, 6.45) is 4.23. The minimum Gasteiger partial charge on any atom is -0.480 e. The number of rotatable bonds is 11. The van der Waals surface area contributed by atoms with Gasteiger partial charge in [-0.2, -0.15) is 0 Å². The van der Waals surface area contributed by atoms with Gasteiger partial charge in [0.05, 0.1) is 13.2 Å². The first kappa shape index (κ1) is 16.9. The van der Waals surface area contributed by atoms with E-state index in [-0.39, 0.29) is 19.7 Å². The van der Waals surface area contributed by atoms with E-state index in [1.165, 1.54) is 4.90 Å². The molecule has 106 valence electrons. The number of aliphatic hydroxyl groups excluding tert-OH is 1. The molecule has 0 amide bonds. The molecule has 18 heavy (non-hydrogen) atoms.